The zero-order valence-corrected chi connectivity index (χ0v) is 15.2. The zero-order valence-electron chi connectivity index (χ0n) is 14.4. The van der Waals surface area contributed by atoms with Gasteiger partial charge in [-0.3, -0.25) is 4.79 Å². The number of ketones is 1. The van der Waals surface area contributed by atoms with Gasteiger partial charge in [0.1, 0.15) is 12.4 Å². The number of fused-ring (bicyclic) bond motifs is 2. The summed E-state index contributed by atoms with van der Waals surface area (Å²) in [7, 11) is 4.05. The Morgan fingerprint density at radius 3 is 2.67 bits per heavy atom. The minimum absolute atomic E-state index is 0.0598. The van der Waals surface area contributed by atoms with Gasteiger partial charge in [-0.15, -0.1) is 0 Å². The summed E-state index contributed by atoms with van der Waals surface area (Å²) in [6.07, 6.45) is 0.816. The third-order valence-corrected chi connectivity index (χ3v) is 5.41. The van der Waals surface area contributed by atoms with E-state index in [1.165, 1.54) is 4.90 Å². The smallest absolute Gasteiger partial charge is 0.171 e. The van der Waals surface area contributed by atoms with E-state index in [0.29, 0.717) is 6.61 Å². The van der Waals surface area contributed by atoms with Gasteiger partial charge in [-0.25, -0.2) is 0 Å². The number of ether oxygens (including phenoxy) is 1. The fourth-order valence-corrected chi connectivity index (χ4v) is 4.11. The largest absolute Gasteiger partial charge is 0.492 e. The molecule has 4 heteroatoms. The molecule has 0 radical (unpaired) electrons. The van der Waals surface area contributed by atoms with Crippen LogP contribution in [-0.2, 0) is 0 Å². The van der Waals surface area contributed by atoms with Crippen molar-refractivity contribution < 1.29 is 9.53 Å². The van der Waals surface area contributed by atoms with Crippen molar-refractivity contribution in [3.05, 3.63) is 53.6 Å². The Kier molecular flexibility index (Phi) is 5.27. The summed E-state index contributed by atoms with van der Waals surface area (Å²) >= 11 is 1.67. The van der Waals surface area contributed by atoms with E-state index in [1.54, 1.807) is 11.8 Å². The molecule has 1 atom stereocenters. The van der Waals surface area contributed by atoms with E-state index in [0.717, 1.165) is 34.7 Å². The molecule has 0 spiro atoms. The highest BCUT2D eigenvalue weighted by Gasteiger charge is 2.28. The third-order valence-electron chi connectivity index (χ3n) is 4.26. The van der Waals surface area contributed by atoms with E-state index in [9.17, 15) is 4.79 Å². The van der Waals surface area contributed by atoms with E-state index in [2.05, 4.69) is 24.0 Å². The predicted octanol–water partition coefficient (Wildman–Crippen LogP) is 4.47. The van der Waals surface area contributed by atoms with Crippen LogP contribution in [0.25, 0.3) is 0 Å². The lowest BCUT2D eigenvalue weighted by molar-refractivity contribution is 0.0954. The predicted molar refractivity (Wildman–Crippen MR) is 98.4 cm³/mol. The van der Waals surface area contributed by atoms with Gasteiger partial charge >= 0.3 is 0 Å². The Labute approximate surface area is 148 Å². The van der Waals surface area contributed by atoms with Gasteiger partial charge in [0.25, 0.3) is 0 Å². The number of carbonyl (C=O) groups is 1. The molecule has 126 valence electrons. The van der Waals surface area contributed by atoms with Gasteiger partial charge in [-0.2, -0.15) is 0 Å². The Morgan fingerprint density at radius 2 is 1.92 bits per heavy atom. The fraction of sp³-hybridized carbons (Fsp3) is 0.350. The number of rotatable bonds is 5. The third kappa shape index (κ3) is 3.50. The maximum Gasteiger partial charge on any atom is 0.171 e. The molecule has 0 saturated heterocycles. The molecule has 2 aromatic carbocycles. The van der Waals surface area contributed by atoms with Crippen LogP contribution in [0.5, 0.6) is 5.75 Å². The molecule has 0 saturated carbocycles. The molecular weight excluding hydrogens is 318 g/mol. The van der Waals surface area contributed by atoms with Gasteiger partial charge in [0.05, 0.1) is 0 Å². The second kappa shape index (κ2) is 7.41. The molecule has 0 aliphatic carbocycles. The second-order valence-electron chi connectivity index (χ2n) is 6.27. The van der Waals surface area contributed by atoms with Crippen LogP contribution in [0.15, 0.2) is 52.3 Å². The number of likely N-dealkylation sites (N-methyl/N-ethyl adjacent to an activating group) is 1. The highest BCUT2D eigenvalue weighted by molar-refractivity contribution is 7.99. The van der Waals surface area contributed by atoms with Gasteiger partial charge < -0.3 is 9.64 Å². The van der Waals surface area contributed by atoms with E-state index >= 15 is 0 Å². The lowest BCUT2D eigenvalue weighted by atomic mass is 9.89. The van der Waals surface area contributed by atoms with Crippen LogP contribution in [-0.4, -0.2) is 37.9 Å². The van der Waals surface area contributed by atoms with Crippen LogP contribution in [0.4, 0.5) is 0 Å². The van der Waals surface area contributed by atoms with Gasteiger partial charge in [0, 0.05) is 27.8 Å². The van der Waals surface area contributed by atoms with Crippen molar-refractivity contribution in [1.29, 1.82) is 0 Å². The van der Waals surface area contributed by atoms with Crippen molar-refractivity contribution in [1.82, 2.24) is 4.90 Å². The van der Waals surface area contributed by atoms with E-state index < -0.39 is 0 Å². The Morgan fingerprint density at radius 1 is 1.12 bits per heavy atom. The number of hydrogen-bond acceptors (Lipinski definition) is 4. The SMILES string of the molecule is CC[C@H]1C(=O)c2ccc(OCCN(C)C)cc2Sc2ccccc21. The van der Waals surface area contributed by atoms with Gasteiger partial charge in [-0.05, 0) is 50.3 Å². The highest BCUT2D eigenvalue weighted by atomic mass is 32.2. The topological polar surface area (TPSA) is 29.5 Å². The van der Waals surface area contributed by atoms with Crippen molar-refractivity contribution in [2.24, 2.45) is 0 Å². The van der Waals surface area contributed by atoms with Crippen LogP contribution < -0.4 is 4.74 Å². The normalized spacial score (nSPS) is 16.5. The zero-order chi connectivity index (χ0) is 17.1. The van der Waals surface area contributed by atoms with Crippen LogP contribution in [0.3, 0.4) is 0 Å². The summed E-state index contributed by atoms with van der Waals surface area (Å²) in [6, 6.07) is 14.1. The molecule has 0 amide bonds. The van der Waals surface area contributed by atoms with E-state index in [1.807, 2.05) is 44.4 Å². The minimum Gasteiger partial charge on any atom is -0.492 e. The summed E-state index contributed by atoms with van der Waals surface area (Å²) in [5.41, 5.74) is 1.95. The minimum atomic E-state index is -0.0598. The lowest BCUT2D eigenvalue weighted by Gasteiger charge is -2.14. The molecule has 0 aromatic heterocycles. The summed E-state index contributed by atoms with van der Waals surface area (Å²) in [5.74, 6) is 0.976. The molecule has 0 unspecified atom stereocenters. The first-order chi connectivity index (χ1) is 11.6. The van der Waals surface area contributed by atoms with Crippen molar-refractivity contribution >= 4 is 17.5 Å². The average molecular weight is 341 g/mol. The first-order valence-corrected chi connectivity index (χ1v) is 9.14. The van der Waals surface area contributed by atoms with E-state index in [4.69, 9.17) is 4.74 Å². The van der Waals surface area contributed by atoms with Gasteiger partial charge in [0.15, 0.2) is 5.78 Å². The first kappa shape index (κ1) is 17.1. The van der Waals surface area contributed by atoms with Crippen molar-refractivity contribution in [3.8, 4) is 5.75 Å². The first-order valence-electron chi connectivity index (χ1n) is 8.32. The highest BCUT2D eigenvalue weighted by Crippen LogP contribution is 2.43. The average Bonchev–Trinajstić information content (AvgIpc) is 2.68. The van der Waals surface area contributed by atoms with Crippen LogP contribution >= 0.6 is 11.8 Å². The Hall–Kier alpha value is -1.78. The number of carbonyl (C=O) groups excluding carboxylic acids is 1. The maximum absolute atomic E-state index is 13.0. The van der Waals surface area contributed by atoms with Gasteiger partial charge in [0.2, 0.25) is 0 Å². The molecular formula is C20H23NO2S. The molecule has 0 fully saturated rings. The van der Waals surface area contributed by atoms with Crippen LogP contribution in [0, 0.1) is 0 Å². The summed E-state index contributed by atoms with van der Waals surface area (Å²) in [5, 5.41) is 0. The van der Waals surface area contributed by atoms with Crippen molar-refractivity contribution in [2.75, 3.05) is 27.2 Å². The van der Waals surface area contributed by atoms with Crippen molar-refractivity contribution in [3.63, 3.8) is 0 Å². The molecule has 0 bridgehead atoms. The Bertz CT molecular complexity index is 742. The van der Waals surface area contributed by atoms with Crippen molar-refractivity contribution in [2.45, 2.75) is 29.1 Å². The Balaban J connectivity index is 1.93. The summed E-state index contributed by atoms with van der Waals surface area (Å²) < 4.78 is 5.83. The quantitative estimate of drug-likeness (QED) is 0.802. The maximum atomic E-state index is 13.0. The second-order valence-corrected chi connectivity index (χ2v) is 7.36. The molecule has 24 heavy (non-hydrogen) atoms. The van der Waals surface area contributed by atoms with Crippen LogP contribution in [0.2, 0.25) is 0 Å². The molecule has 3 nitrogen and oxygen atoms in total. The number of nitrogens with zero attached hydrogens (tertiary/aromatic N) is 1. The molecule has 3 rings (SSSR count). The molecule has 2 aromatic rings. The number of Topliss-reactive ketones (excluding diaryl/α,β-unsaturated/α-hetero) is 1. The molecule has 1 aliphatic rings. The molecule has 1 heterocycles. The monoisotopic (exact) mass is 341 g/mol. The van der Waals surface area contributed by atoms with E-state index in [-0.39, 0.29) is 11.7 Å². The summed E-state index contributed by atoms with van der Waals surface area (Å²) in [4.78, 5) is 17.2. The number of benzene rings is 2. The lowest BCUT2D eigenvalue weighted by Crippen LogP contribution is -2.19. The van der Waals surface area contributed by atoms with Gasteiger partial charge in [-0.1, -0.05) is 36.9 Å². The molecule has 0 N–H and O–H groups in total. The molecule has 1 aliphatic heterocycles. The fourth-order valence-electron chi connectivity index (χ4n) is 2.94. The number of hydrogen-bond donors (Lipinski definition) is 0. The standard InChI is InChI=1S/C20H23NO2S/c1-4-15-16-7-5-6-8-18(16)24-19-13-14(23-12-11-21(2)3)9-10-17(19)20(15)22/h5-10,13,15H,4,11-12H2,1-3H3/t15-/m1/s1. The van der Waals surface area contributed by atoms with Crippen LogP contribution in [0.1, 0.15) is 35.2 Å². The summed E-state index contributed by atoms with van der Waals surface area (Å²) in [6.45, 7) is 3.58.